The highest BCUT2D eigenvalue weighted by molar-refractivity contribution is 6.30. The smallest absolute Gasteiger partial charge is 0.407 e. The van der Waals surface area contributed by atoms with Gasteiger partial charge in [-0.1, -0.05) is 23.7 Å². The highest BCUT2D eigenvalue weighted by Crippen LogP contribution is 2.14. The first-order valence-electron chi connectivity index (χ1n) is 6.29. The van der Waals surface area contributed by atoms with E-state index in [9.17, 15) is 9.18 Å². The van der Waals surface area contributed by atoms with Crippen molar-refractivity contribution in [3.05, 3.63) is 46.8 Å². The lowest BCUT2D eigenvalue weighted by Gasteiger charge is -2.20. The van der Waals surface area contributed by atoms with Crippen molar-refractivity contribution >= 4 is 17.7 Å². The van der Waals surface area contributed by atoms with E-state index in [0.29, 0.717) is 23.3 Å². The third-order valence-corrected chi connectivity index (χ3v) is 2.57. The van der Waals surface area contributed by atoms with Crippen LogP contribution in [0.15, 0.2) is 36.2 Å². The Hall–Kier alpha value is -1.55. The first kappa shape index (κ1) is 16.5. The molecule has 1 aromatic rings. The van der Waals surface area contributed by atoms with Gasteiger partial charge < -0.3 is 10.1 Å². The van der Waals surface area contributed by atoms with Crippen LogP contribution in [0.25, 0.3) is 0 Å². The number of halogens is 2. The predicted molar refractivity (Wildman–Crippen MR) is 78.6 cm³/mol. The summed E-state index contributed by atoms with van der Waals surface area (Å²) in [6, 6.07) is 7.17. The van der Waals surface area contributed by atoms with Gasteiger partial charge in [-0.05, 0) is 50.5 Å². The largest absolute Gasteiger partial charge is 0.444 e. The molecule has 5 heteroatoms. The molecular formula is C15H19ClFNO2. The van der Waals surface area contributed by atoms with Crippen LogP contribution in [-0.4, -0.2) is 18.2 Å². The van der Waals surface area contributed by atoms with Gasteiger partial charge in [-0.25, -0.2) is 9.18 Å². The van der Waals surface area contributed by atoms with E-state index in [4.69, 9.17) is 16.3 Å². The van der Waals surface area contributed by atoms with Crippen molar-refractivity contribution in [3.8, 4) is 0 Å². The summed E-state index contributed by atoms with van der Waals surface area (Å²) in [5.41, 5.74) is 0.752. The Morgan fingerprint density at radius 2 is 2.15 bits per heavy atom. The van der Waals surface area contributed by atoms with Crippen LogP contribution in [0, 0.1) is 0 Å². The van der Waals surface area contributed by atoms with Crippen LogP contribution >= 0.6 is 11.6 Å². The number of benzene rings is 1. The number of nitrogens with one attached hydrogen (secondary N) is 1. The maximum absolute atomic E-state index is 12.8. The van der Waals surface area contributed by atoms with E-state index in [1.807, 2.05) is 6.07 Å². The molecule has 1 aromatic carbocycles. The van der Waals surface area contributed by atoms with Crippen LogP contribution in [0.5, 0.6) is 0 Å². The summed E-state index contributed by atoms with van der Waals surface area (Å²) in [4.78, 5) is 11.5. The molecule has 0 fully saturated rings. The van der Waals surface area contributed by atoms with Gasteiger partial charge in [0.2, 0.25) is 0 Å². The summed E-state index contributed by atoms with van der Waals surface area (Å²) >= 11 is 5.87. The van der Waals surface area contributed by atoms with Gasteiger partial charge in [-0.2, -0.15) is 0 Å². The molecule has 0 heterocycles. The van der Waals surface area contributed by atoms with Crippen LogP contribution < -0.4 is 5.32 Å². The molecule has 0 spiro atoms. The number of carbonyl (C=O) groups is 1. The molecular weight excluding hydrogens is 281 g/mol. The zero-order valence-corrected chi connectivity index (χ0v) is 12.6. The zero-order valence-electron chi connectivity index (χ0n) is 11.9. The predicted octanol–water partition coefficient (Wildman–Crippen LogP) is 4.26. The molecule has 110 valence electrons. The highest BCUT2D eigenvalue weighted by Gasteiger charge is 2.16. The number of ether oxygens (including phenoxy) is 1. The third-order valence-electron chi connectivity index (χ3n) is 2.33. The Labute approximate surface area is 123 Å². The van der Waals surface area contributed by atoms with Gasteiger partial charge in [0.05, 0.1) is 6.33 Å². The van der Waals surface area contributed by atoms with Crippen molar-refractivity contribution in [1.82, 2.24) is 5.32 Å². The summed E-state index contributed by atoms with van der Waals surface area (Å²) in [5.74, 6) is 0. The highest BCUT2D eigenvalue weighted by atomic mass is 35.5. The van der Waals surface area contributed by atoms with Crippen LogP contribution in [0.2, 0.25) is 5.02 Å². The molecule has 0 aliphatic heterocycles. The first-order chi connectivity index (χ1) is 9.30. The minimum atomic E-state index is -0.573. The Morgan fingerprint density at radius 1 is 1.45 bits per heavy atom. The Balaban J connectivity index is 2.51. The van der Waals surface area contributed by atoms with Crippen LogP contribution in [0.3, 0.4) is 0 Å². The Bertz CT molecular complexity index is 495. The summed E-state index contributed by atoms with van der Waals surface area (Å²) in [7, 11) is 0. The van der Waals surface area contributed by atoms with Crippen LogP contribution in [-0.2, 0) is 11.2 Å². The van der Waals surface area contributed by atoms with E-state index < -0.39 is 11.7 Å². The third kappa shape index (κ3) is 6.57. The van der Waals surface area contributed by atoms with Gasteiger partial charge >= 0.3 is 6.09 Å². The lowest BCUT2D eigenvalue weighted by Crippen LogP contribution is -2.33. The number of hydrogen-bond acceptors (Lipinski definition) is 2. The van der Waals surface area contributed by atoms with E-state index in [2.05, 4.69) is 5.32 Å². The first-order valence-corrected chi connectivity index (χ1v) is 6.67. The molecule has 0 saturated heterocycles. The minimum Gasteiger partial charge on any atom is -0.444 e. The topological polar surface area (TPSA) is 38.3 Å². The minimum absolute atomic E-state index is 0.0952. The number of amides is 1. The van der Waals surface area contributed by atoms with E-state index in [1.165, 1.54) is 0 Å². The van der Waals surface area contributed by atoms with E-state index in [1.54, 1.807) is 39.0 Å². The number of rotatable bonds is 4. The lowest BCUT2D eigenvalue weighted by molar-refractivity contribution is 0.0532. The summed E-state index contributed by atoms with van der Waals surface area (Å²) in [6.45, 7) is 5.40. The zero-order chi connectivity index (χ0) is 15.2. The summed E-state index contributed by atoms with van der Waals surface area (Å²) in [5, 5.41) is 3.12. The summed E-state index contributed by atoms with van der Waals surface area (Å²) < 4.78 is 17.9. The molecule has 0 atom stereocenters. The van der Waals surface area contributed by atoms with Crippen LogP contribution in [0.4, 0.5) is 9.18 Å². The van der Waals surface area contributed by atoms with Gasteiger partial charge in [0, 0.05) is 11.6 Å². The molecule has 20 heavy (non-hydrogen) atoms. The second-order valence-corrected chi connectivity index (χ2v) is 5.87. The fourth-order valence-corrected chi connectivity index (χ4v) is 1.76. The average molecular weight is 300 g/mol. The standard InChI is InChI=1S/C15H19ClFNO2/c1-15(2,3)20-14(19)18-10-12(9-17)7-11-5-4-6-13(16)8-11/h4-6,8-9H,7,10H2,1-3H3,(H,18,19). The SMILES string of the molecule is CC(C)(C)OC(=O)NCC(=CF)Cc1cccc(Cl)c1. The quantitative estimate of drug-likeness (QED) is 0.902. The van der Waals surface area contributed by atoms with Crippen molar-refractivity contribution in [2.75, 3.05) is 6.54 Å². The van der Waals surface area contributed by atoms with Crippen molar-refractivity contribution in [2.45, 2.75) is 32.8 Å². The van der Waals surface area contributed by atoms with Crippen molar-refractivity contribution in [2.24, 2.45) is 0 Å². The molecule has 0 saturated carbocycles. The number of hydrogen-bond donors (Lipinski definition) is 1. The molecule has 0 aliphatic carbocycles. The van der Waals surface area contributed by atoms with E-state index in [-0.39, 0.29) is 6.54 Å². The molecule has 3 nitrogen and oxygen atoms in total. The molecule has 0 aliphatic rings. The Kier molecular flexibility index (Phi) is 6.02. The van der Waals surface area contributed by atoms with Gasteiger partial charge in [0.1, 0.15) is 5.60 Å². The van der Waals surface area contributed by atoms with E-state index in [0.717, 1.165) is 5.56 Å². The van der Waals surface area contributed by atoms with Gasteiger partial charge in [0.25, 0.3) is 0 Å². The van der Waals surface area contributed by atoms with Gasteiger partial charge in [0.15, 0.2) is 0 Å². The fourth-order valence-electron chi connectivity index (χ4n) is 1.55. The molecule has 0 bridgehead atoms. The molecule has 1 amide bonds. The molecule has 0 aromatic heterocycles. The molecule has 0 unspecified atom stereocenters. The van der Waals surface area contributed by atoms with Gasteiger partial charge in [-0.15, -0.1) is 0 Å². The maximum atomic E-state index is 12.8. The molecule has 0 radical (unpaired) electrons. The normalized spacial score (nSPS) is 12.2. The second-order valence-electron chi connectivity index (χ2n) is 5.43. The lowest BCUT2D eigenvalue weighted by atomic mass is 10.1. The Morgan fingerprint density at radius 3 is 2.70 bits per heavy atom. The van der Waals surface area contributed by atoms with Crippen molar-refractivity contribution < 1.29 is 13.9 Å². The second kappa shape index (κ2) is 7.29. The average Bonchev–Trinajstić information content (AvgIpc) is 2.32. The molecule has 1 N–H and O–H groups in total. The van der Waals surface area contributed by atoms with Crippen molar-refractivity contribution in [3.63, 3.8) is 0 Å². The molecule has 1 rings (SSSR count). The number of alkyl carbamates (subject to hydrolysis) is 1. The summed E-state index contributed by atoms with van der Waals surface area (Å²) in [6.07, 6.45) is 0.313. The van der Waals surface area contributed by atoms with E-state index >= 15 is 0 Å². The fraction of sp³-hybridized carbons (Fsp3) is 0.400. The monoisotopic (exact) mass is 299 g/mol. The van der Waals surface area contributed by atoms with Gasteiger partial charge in [-0.3, -0.25) is 0 Å². The maximum Gasteiger partial charge on any atom is 0.407 e. The van der Waals surface area contributed by atoms with Crippen LogP contribution in [0.1, 0.15) is 26.3 Å². The number of carbonyl (C=O) groups excluding carboxylic acids is 1. The van der Waals surface area contributed by atoms with Crippen molar-refractivity contribution in [1.29, 1.82) is 0 Å².